The summed E-state index contributed by atoms with van der Waals surface area (Å²) in [4.78, 5) is 26.4. The first kappa shape index (κ1) is 18.1. The van der Waals surface area contributed by atoms with Crippen molar-refractivity contribution in [3.63, 3.8) is 0 Å². The van der Waals surface area contributed by atoms with Gasteiger partial charge in [0.15, 0.2) is 0 Å². The Bertz CT molecular complexity index is 723. The lowest BCUT2D eigenvalue weighted by molar-refractivity contribution is 0.0163. The van der Waals surface area contributed by atoms with E-state index >= 15 is 0 Å². The number of benzene rings is 1. The molecule has 136 valence electrons. The summed E-state index contributed by atoms with van der Waals surface area (Å²) in [7, 11) is 0. The molecule has 0 aliphatic carbocycles. The summed E-state index contributed by atoms with van der Waals surface area (Å²) in [6, 6.07) is 3.42. The predicted molar refractivity (Wildman–Crippen MR) is 97.3 cm³/mol. The maximum atomic E-state index is 12.5. The maximum Gasteiger partial charge on any atom is 0.410 e. The summed E-state index contributed by atoms with van der Waals surface area (Å²) >= 11 is 12.2. The minimum absolute atomic E-state index is 0.241. The molecule has 25 heavy (non-hydrogen) atoms. The molecule has 0 bridgehead atoms. The van der Waals surface area contributed by atoms with Gasteiger partial charge in [-0.05, 0) is 32.9 Å². The molecule has 1 fully saturated rings. The number of hydrogen-bond acceptors (Lipinski definition) is 4. The molecule has 8 heteroatoms. The maximum absolute atomic E-state index is 12.5. The fourth-order valence-corrected chi connectivity index (χ4v) is 3.50. The molecular formula is C17H21Cl2N3O3. The van der Waals surface area contributed by atoms with Crippen molar-refractivity contribution in [2.24, 2.45) is 0 Å². The van der Waals surface area contributed by atoms with Crippen LogP contribution in [0.25, 0.3) is 0 Å². The topological polar surface area (TPSA) is 70.7 Å². The Kier molecular flexibility index (Phi) is 4.54. The Hall–Kier alpha value is -1.66. The Morgan fingerprint density at radius 2 is 1.84 bits per heavy atom. The number of carbonyl (C=O) groups excluding carboxylic acids is 2. The fraction of sp³-hybridized carbons (Fsp3) is 0.529. The number of hydrogen-bond donors (Lipinski definition) is 2. The zero-order chi connectivity index (χ0) is 18.4. The van der Waals surface area contributed by atoms with Crippen molar-refractivity contribution in [3.05, 3.63) is 27.7 Å². The van der Waals surface area contributed by atoms with Crippen LogP contribution in [-0.4, -0.2) is 41.3 Å². The van der Waals surface area contributed by atoms with Crippen molar-refractivity contribution in [2.45, 2.75) is 44.9 Å². The molecule has 0 atom stereocenters. The Balaban J connectivity index is 1.73. The van der Waals surface area contributed by atoms with E-state index in [0.717, 1.165) is 0 Å². The average molecular weight is 386 g/mol. The van der Waals surface area contributed by atoms with Gasteiger partial charge in [-0.3, -0.25) is 4.79 Å². The van der Waals surface area contributed by atoms with E-state index in [1.165, 1.54) is 0 Å². The minimum Gasteiger partial charge on any atom is -0.444 e. The molecule has 2 N–H and O–H groups in total. The number of likely N-dealkylation sites (tertiary alicyclic amines) is 1. The van der Waals surface area contributed by atoms with Crippen LogP contribution in [0.5, 0.6) is 0 Å². The minimum atomic E-state index is -0.597. The summed E-state index contributed by atoms with van der Waals surface area (Å²) in [6.45, 7) is 6.48. The molecule has 1 aromatic rings. The van der Waals surface area contributed by atoms with Crippen LogP contribution < -0.4 is 10.6 Å². The van der Waals surface area contributed by atoms with E-state index in [0.29, 0.717) is 42.2 Å². The summed E-state index contributed by atoms with van der Waals surface area (Å²) < 4.78 is 5.41. The zero-order valence-electron chi connectivity index (χ0n) is 14.4. The molecule has 0 unspecified atom stereocenters. The fourth-order valence-electron chi connectivity index (χ4n) is 3.09. The van der Waals surface area contributed by atoms with Gasteiger partial charge in [-0.1, -0.05) is 23.2 Å². The highest BCUT2D eigenvalue weighted by Gasteiger charge is 2.42. The van der Waals surface area contributed by atoms with E-state index in [-0.39, 0.29) is 17.0 Å². The molecule has 0 aromatic heterocycles. The Labute approximate surface area is 156 Å². The normalized spacial score (nSPS) is 19.1. The number of halogens is 2. The van der Waals surface area contributed by atoms with E-state index in [4.69, 9.17) is 27.9 Å². The highest BCUT2D eigenvalue weighted by Crippen LogP contribution is 2.37. The summed E-state index contributed by atoms with van der Waals surface area (Å²) in [6.07, 6.45) is 0.801. The third-order valence-corrected chi connectivity index (χ3v) is 5.12. The van der Waals surface area contributed by atoms with Crippen molar-refractivity contribution in [1.29, 1.82) is 0 Å². The smallest absolute Gasteiger partial charge is 0.410 e. The molecule has 1 saturated heterocycles. The van der Waals surface area contributed by atoms with Gasteiger partial charge >= 0.3 is 6.09 Å². The van der Waals surface area contributed by atoms with E-state index in [1.807, 2.05) is 20.8 Å². The van der Waals surface area contributed by atoms with Crippen LogP contribution in [0.3, 0.4) is 0 Å². The van der Waals surface area contributed by atoms with E-state index in [1.54, 1.807) is 17.0 Å². The highest BCUT2D eigenvalue weighted by molar-refractivity contribution is 6.44. The second kappa shape index (κ2) is 6.25. The molecular weight excluding hydrogens is 365 g/mol. The van der Waals surface area contributed by atoms with Crippen molar-refractivity contribution in [3.8, 4) is 0 Å². The van der Waals surface area contributed by atoms with Gasteiger partial charge in [0.2, 0.25) is 0 Å². The molecule has 1 aromatic carbocycles. The molecule has 6 nitrogen and oxygen atoms in total. The Morgan fingerprint density at radius 3 is 2.44 bits per heavy atom. The van der Waals surface area contributed by atoms with Gasteiger partial charge in [-0.25, -0.2) is 4.79 Å². The van der Waals surface area contributed by atoms with Crippen LogP contribution in [0.15, 0.2) is 12.1 Å². The molecule has 3 rings (SSSR count). The number of amides is 2. The second-order valence-electron chi connectivity index (χ2n) is 7.41. The molecule has 0 saturated carbocycles. The van der Waals surface area contributed by atoms with Gasteiger partial charge in [0, 0.05) is 25.9 Å². The summed E-state index contributed by atoms with van der Waals surface area (Å²) in [5.41, 5.74) is -0.115. The lowest BCUT2D eigenvalue weighted by atomic mass is 9.92. The van der Waals surface area contributed by atoms with E-state index in [9.17, 15) is 9.59 Å². The van der Waals surface area contributed by atoms with Crippen LogP contribution in [-0.2, 0) is 4.74 Å². The van der Waals surface area contributed by atoms with E-state index in [2.05, 4.69) is 10.6 Å². The van der Waals surface area contributed by atoms with E-state index < -0.39 is 11.3 Å². The largest absolute Gasteiger partial charge is 0.444 e. The number of anilines is 1. The number of nitrogens with zero attached hydrogens (tertiary/aromatic N) is 1. The van der Waals surface area contributed by atoms with Crippen molar-refractivity contribution < 1.29 is 14.3 Å². The number of nitrogens with one attached hydrogen (secondary N) is 2. The number of ether oxygens (including phenoxy) is 1. The molecule has 2 amide bonds. The number of fused-ring (bicyclic) bond motifs is 1. The highest BCUT2D eigenvalue weighted by atomic mass is 35.5. The lowest BCUT2D eigenvalue weighted by Crippen LogP contribution is -2.63. The summed E-state index contributed by atoms with van der Waals surface area (Å²) in [5.74, 6) is -0.257. The van der Waals surface area contributed by atoms with Gasteiger partial charge in [0.05, 0.1) is 21.3 Å². The van der Waals surface area contributed by atoms with Crippen LogP contribution in [0.4, 0.5) is 10.5 Å². The zero-order valence-corrected chi connectivity index (χ0v) is 15.9. The molecule has 2 aliphatic heterocycles. The van der Waals surface area contributed by atoms with Gasteiger partial charge in [0.25, 0.3) is 5.91 Å². The van der Waals surface area contributed by atoms with Gasteiger partial charge in [-0.2, -0.15) is 0 Å². The average Bonchev–Trinajstić information content (AvgIpc) is 2.49. The first-order valence-corrected chi connectivity index (χ1v) is 8.92. The number of rotatable bonds is 0. The first-order chi connectivity index (χ1) is 11.6. The van der Waals surface area contributed by atoms with Crippen molar-refractivity contribution >= 4 is 40.9 Å². The molecule has 2 heterocycles. The van der Waals surface area contributed by atoms with Gasteiger partial charge in [-0.15, -0.1) is 0 Å². The predicted octanol–water partition coefficient (Wildman–Crippen LogP) is 3.88. The lowest BCUT2D eigenvalue weighted by Gasteiger charge is -2.46. The number of carbonyl (C=O) groups is 2. The molecule has 2 aliphatic rings. The third-order valence-electron chi connectivity index (χ3n) is 4.32. The summed E-state index contributed by atoms with van der Waals surface area (Å²) in [5, 5.41) is 6.94. The second-order valence-corrected chi connectivity index (χ2v) is 8.20. The van der Waals surface area contributed by atoms with Gasteiger partial charge < -0.3 is 20.3 Å². The van der Waals surface area contributed by atoms with Crippen LogP contribution >= 0.6 is 23.2 Å². The Morgan fingerprint density at radius 1 is 1.20 bits per heavy atom. The molecule has 1 spiro atoms. The number of piperidine rings is 1. The third kappa shape index (κ3) is 3.65. The van der Waals surface area contributed by atoms with Gasteiger partial charge in [0.1, 0.15) is 11.3 Å². The molecule has 0 radical (unpaired) electrons. The van der Waals surface area contributed by atoms with Crippen LogP contribution in [0.1, 0.15) is 44.0 Å². The standard InChI is InChI=1S/C17H21Cl2N3O3/c1-16(2,3)25-15(24)22-8-6-17(7-9-22)20-11-5-4-10(18)13(19)12(11)14(23)21-17/h4-5,20H,6-9H2,1-3H3,(H,21,23). The van der Waals surface area contributed by atoms with Crippen molar-refractivity contribution in [1.82, 2.24) is 10.2 Å². The first-order valence-electron chi connectivity index (χ1n) is 8.17. The van der Waals surface area contributed by atoms with Crippen LogP contribution in [0.2, 0.25) is 10.0 Å². The van der Waals surface area contributed by atoms with Crippen molar-refractivity contribution in [2.75, 3.05) is 18.4 Å². The van der Waals surface area contributed by atoms with Crippen LogP contribution in [0, 0.1) is 0 Å². The SMILES string of the molecule is CC(C)(C)OC(=O)N1CCC2(CC1)NC(=O)c1c(ccc(Cl)c1Cl)N2. The monoisotopic (exact) mass is 385 g/mol. The quantitative estimate of drug-likeness (QED) is 0.710.